The first-order valence-electron chi connectivity index (χ1n) is 10.7. The van der Waals surface area contributed by atoms with Crippen molar-refractivity contribution in [3.63, 3.8) is 0 Å². The Morgan fingerprint density at radius 3 is 1.38 bits per heavy atom. The molecular weight excluding hydrogens is 428 g/mol. The van der Waals surface area contributed by atoms with Gasteiger partial charge in [-0.2, -0.15) is 0 Å². The molecule has 4 rings (SSSR count). The fourth-order valence-corrected chi connectivity index (χ4v) is 3.63. The number of carbonyl (C=O) groups excluding carboxylic acids is 2. The van der Waals surface area contributed by atoms with Crippen molar-refractivity contribution in [1.82, 2.24) is 0 Å². The third kappa shape index (κ3) is 5.07. The van der Waals surface area contributed by atoms with Crippen LogP contribution in [0.1, 0.15) is 20.7 Å². The summed E-state index contributed by atoms with van der Waals surface area (Å²) in [6, 6.07) is 28.7. The molecule has 0 spiro atoms. The fraction of sp³-hybridized carbons (Fsp3) is 0.0714. The Morgan fingerprint density at radius 2 is 0.971 bits per heavy atom. The summed E-state index contributed by atoms with van der Waals surface area (Å²) in [4.78, 5) is 26.4. The molecule has 2 N–H and O–H groups in total. The Hall–Kier alpha value is -4.58. The highest BCUT2D eigenvalue weighted by Crippen LogP contribution is 2.29. The largest absolute Gasteiger partial charge is 0.497 e. The van der Waals surface area contributed by atoms with E-state index in [9.17, 15) is 9.59 Å². The number of ether oxygens (including phenoxy) is 2. The van der Waals surface area contributed by atoms with Crippen LogP contribution in [0.5, 0.6) is 11.5 Å². The summed E-state index contributed by atoms with van der Waals surface area (Å²) in [5.74, 6) is 0.718. The summed E-state index contributed by atoms with van der Waals surface area (Å²) >= 11 is 0. The van der Waals surface area contributed by atoms with Crippen molar-refractivity contribution in [3.05, 3.63) is 108 Å². The molecule has 170 valence electrons. The molecule has 34 heavy (non-hydrogen) atoms. The molecule has 6 nitrogen and oxygen atoms in total. The minimum atomic E-state index is -0.285. The van der Waals surface area contributed by atoms with Crippen molar-refractivity contribution in [2.24, 2.45) is 0 Å². The van der Waals surface area contributed by atoms with Crippen LogP contribution in [0.15, 0.2) is 97.1 Å². The fourth-order valence-electron chi connectivity index (χ4n) is 3.63. The lowest BCUT2D eigenvalue weighted by Gasteiger charge is -2.15. The van der Waals surface area contributed by atoms with E-state index in [2.05, 4.69) is 10.6 Å². The number of rotatable bonds is 7. The highest BCUT2D eigenvalue weighted by molar-refractivity contribution is 6.13. The van der Waals surface area contributed by atoms with E-state index >= 15 is 0 Å². The Kier molecular flexibility index (Phi) is 6.89. The first kappa shape index (κ1) is 22.6. The number of anilines is 2. The molecule has 0 unspecified atom stereocenters. The van der Waals surface area contributed by atoms with E-state index in [0.717, 1.165) is 0 Å². The van der Waals surface area contributed by atoms with Crippen LogP contribution in [0.4, 0.5) is 11.4 Å². The SMILES string of the molecule is COc1cccc(NC(=O)c2ccccc2-c2ccccc2C(=O)Nc2cccc(OC)c2)c1. The van der Waals surface area contributed by atoms with Gasteiger partial charge in [0.1, 0.15) is 11.5 Å². The smallest absolute Gasteiger partial charge is 0.256 e. The van der Waals surface area contributed by atoms with E-state index in [4.69, 9.17) is 9.47 Å². The molecule has 0 aliphatic carbocycles. The molecule has 0 fully saturated rings. The Labute approximate surface area is 198 Å². The second-order valence-corrected chi connectivity index (χ2v) is 7.46. The van der Waals surface area contributed by atoms with E-state index in [1.807, 2.05) is 24.3 Å². The topological polar surface area (TPSA) is 76.7 Å². The molecule has 2 amide bonds. The van der Waals surface area contributed by atoms with Crippen molar-refractivity contribution < 1.29 is 19.1 Å². The highest BCUT2D eigenvalue weighted by Gasteiger charge is 2.18. The van der Waals surface area contributed by atoms with Crippen LogP contribution in [0.3, 0.4) is 0 Å². The molecule has 4 aromatic carbocycles. The monoisotopic (exact) mass is 452 g/mol. The quantitative estimate of drug-likeness (QED) is 0.367. The van der Waals surface area contributed by atoms with Gasteiger partial charge in [-0.05, 0) is 47.5 Å². The van der Waals surface area contributed by atoms with Gasteiger partial charge in [-0.1, -0.05) is 48.5 Å². The number of amides is 2. The lowest BCUT2D eigenvalue weighted by atomic mass is 9.94. The van der Waals surface area contributed by atoms with Crippen LogP contribution >= 0.6 is 0 Å². The maximum Gasteiger partial charge on any atom is 0.256 e. The molecule has 0 aliphatic heterocycles. The molecule has 0 aromatic heterocycles. The number of carbonyl (C=O) groups is 2. The predicted octanol–water partition coefficient (Wildman–Crippen LogP) is 5.88. The zero-order valence-corrected chi connectivity index (χ0v) is 18.9. The van der Waals surface area contributed by atoms with E-state index in [1.165, 1.54) is 0 Å². The molecule has 0 bridgehead atoms. The van der Waals surface area contributed by atoms with Gasteiger partial charge in [0.25, 0.3) is 11.8 Å². The number of methoxy groups -OCH3 is 2. The van der Waals surface area contributed by atoms with Gasteiger partial charge in [-0.15, -0.1) is 0 Å². The predicted molar refractivity (Wildman–Crippen MR) is 134 cm³/mol. The number of nitrogens with one attached hydrogen (secondary N) is 2. The van der Waals surface area contributed by atoms with Gasteiger partial charge >= 0.3 is 0 Å². The first-order chi connectivity index (χ1) is 16.6. The third-order valence-corrected chi connectivity index (χ3v) is 5.29. The molecule has 0 saturated heterocycles. The standard InChI is InChI=1S/C28H24N2O4/c1-33-21-11-7-9-19(17-21)29-27(31)25-15-5-3-13-23(25)24-14-4-6-16-26(24)28(32)30-20-10-8-12-22(18-20)34-2/h3-18H,1-2H3,(H,29,31)(H,30,32). The summed E-state index contributed by atoms with van der Waals surface area (Å²) in [5, 5.41) is 5.82. The van der Waals surface area contributed by atoms with Crippen molar-refractivity contribution in [1.29, 1.82) is 0 Å². The second-order valence-electron chi connectivity index (χ2n) is 7.46. The molecule has 6 heteroatoms. The van der Waals surface area contributed by atoms with Crippen molar-refractivity contribution in [2.75, 3.05) is 24.9 Å². The van der Waals surface area contributed by atoms with E-state index in [0.29, 0.717) is 45.1 Å². The third-order valence-electron chi connectivity index (χ3n) is 5.29. The maximum atomic E-state index is 13.2. The minimum absolute atomic E-state index is 0.285. The van der Waals surface area contributed by atoms with Gasteiger partial charge in [0, 0.05) is 34.6 Å². The van der Waals surface area contributed by atoms with Crippen LogP contribution in [0.2, 0.25) is 0 Å². The average molecular weight is 453 g/mol. The molecule has 0 heterocycles. The van der Waals surface area contributed by atoms with Gasteiger partial charge in [0.15, 0.2) is 0 Å². The molecule has 0 atom stereocenters. The Bertz CT molecular complexity index is 1230. The van der Waals surface area contributed by atoms with Gasteiger partial charge < -0.3 is 20.1 Å². The lowest BCUT2D eigenvalue weighted by Crippen LogP contribution is -2.16. The van der Waals surface area contributed by atoms with Gasteiger partial charge in [-0.3, -0.25) is 9.59 Å². The van der Waals surface area contributed by atoms with Gasteiger partial charge in [0.05, 0.1) is 14.2 Å². The van der Waals surface area contributed by atoms with Crippen LogP contribution in [-0.2, 0) is 0 Å². The number of hydrogen-bond acceptors (Lipinski definition) is 4. The summed E-state index contributed by atoms with van der Waals surface area (Å²) in [6.45, 7) is 0. The molecule has 0 saturated carbocycles. The van der Waals surface area contributed by atoms with Crippen molar-refractivity contribution in [2.45, 2.75) is 0 Å². The number of benzene rings is 4. The lowest BCUT2D eigenvalue weighted by molar-refractivity contribution is 0.101. The van der Waals surface area contributed by atoms with Crippen LogP contribution in [0.25, 0.3) is 11.1 Å². The van der Waals surface area contributed by atoms with E-state index in [1.54, 1.807) is 87.0 Å². The molecule has 4 aromatic rings. The van der Waals surface area contributed by atoms with Crippen LogP contribution in [0, 0.1) is 0 Å². The van der Waals surface area contributed by atoms with Crippen molar-refractivity contribution in [3.8, 4) is 22.6 Å². The first-order valence-corrected chi connectivity index (χ1v) is 10.7. The maximum absolute atomic E-state index is 13.2. The minimum Gasteiger partial charge on any atom is -0.497 e. The summed E-state index contributed by atoms with van der Waals surface area (Å²) < 4.78 is 10.5. The Morgan fingerprint density at radius 1 is 0.559 bits per heavy atom. The zero-order chi connectivity index (χ0) is 23.9. The van der Waals surface area contributed by atoms with E-state index in [-0.39, 0.29) is 11.8 Å². The summed E-state index contributed by atoms with van der Waals surface area (Å²) in [5.41, 5.74) is 3.43. The average Bonchev–Trinajstić information content (AvgIpc) is 2.89. The van der Waals surface area contributed by atoms with Gasteiger partial charge in [-0.25, -0.2) is 0 Å². The summed E-state index contributed by atoms with van der Waals surface area (Å²) in [7, 11) is 3.15. The second kappa shape index (κ2) is 10.4. The molecule has 0 radical (unpaired) electrons. The number of hydrogen-bond donors (Lipinski definition) is 2. The zero-order valence-electron chi connectivity index (χ0n) is 18.9. The normalized spacial score (nSPS) is 10.3. The highest BCUT2D eigenvalue weighted by atomic mass is 16.5. The molecule has 0 aliphatic rings. The molecular formula is C28H24N2O4. The van der Waals surface area contributed by atoms with Crippen molar-refractivity contribution >= 4 is 23.2 Å². The Balaban J connectivity index is 1.65. The summed E-state index contributed by atoms with van der Waals surface area (Å²) in [6.07, 6.45) is 0. The van der Waals surface area contributed by atoms with Crippen LogP contribution < -0.4 is 20.1 Å². The van der Waals surface area contributed by atoms with E-state index < -0.39 is 0 Å². The van der Waals surface area contributed by atoms with Gasteiger partial charge in [0.2, 0.25) is 0 Å². The van der Waals surface area contributed by atoms with Crippen LogP contribution in [-0.4, -0.2) is 26.0 Å².